The minimum Gasteiger partial charge on any atom is -0.0736 e. The first kappa shape index (κ1) is 10.3. The highest BCUT2D eigenvalue weighted by molar-refractivity contribution is 14.1. The van der Waals surface area contributed by atoms with E-state index in [1.165, 1.54) is 22.3 Å². The van der Waals surface area contributed by atoms with E-state index in [-0.39, 0.29) is 3.42 Å². The van der Waals surface area contributed by atoms with Crippen molar-refractivity contribution in [2.75, 3.05) is 0 Å². The van der Waals surface area contributed by atoms with Crippen LogP contribution in [0.5, 0.6) is 0 Å². The zero-order valence-electron chi connectivity index (χ0n) is 9.20. The van der Waals surface area contributed by atoms with Gasteiger partial charge in [0.2, 0.25) is 0 Å². The molecule has 0 fully saturated rings. The van der Waals surface area contributed by atoms with Crippen molar-refractivity contribution < 1.29 is 0 Å². The van der Waals surface area contributed by atoms with E-state index < -0.39 is 0 Å². The van der Waals surface area contributed by atoms with Crippen LogP contribution in [-0.4, -0.2) is 0 Å². The summed E-state index contributed by atoms with van der Waals surface area (Å²) in [6, 6.07) is 17.5. The molecule has 0 nitrogen and oxygen atoms in total. The first-order valence-corrected chi connectivity index (χ1v) is 6.63. The molecule has 1 heteroatoms. The van der Waals surface area contributed by atoms with Gasteiger partial charge in [-0.25, -0.2) is 0 Å². The summed E-state index contributed by atoms with van der Waals surface area (Å²) in [4.78, 5) is 0. The van der Waals surface area contributed by atoms with Crippen LogP contribution in [0, 0.1) is 0 Å². The minimum absolute atomic E-state index is 0.225. The molecule has 1 unspecified atom stereocenters. The van der Waals surface area contributed by atoms with Crippen LogP contribution >= 0.6 is 22.6 Å². The fraction of sp³-hybridized carbons (Fsp3) is 0.200. The van der Waals surface area contributed by atoms with Gasteiger partial charge in [0.25, 0.3) is 0 Å². The normalized spacial score (nSPS) is 22.4. The Bertz CT molecular complexity index is 541. The van der Waals surface area contributed by atoms with Gasteiger partial charge in [-0.05, 0) is 35.6 Å². The van der Waals surface area contributed by atoms with E-state index >= 15 is 0 Å². The molecule has 0 radical (unpaired) electrons. The lowest BCUT2D eigenvalue weighted by Crippen LogP contribution is -2.22. The molecule has 0 heterocycles. The monoisotopic (exact) mass is 320 g/mol. The van der Waals surface area contributed by atoms with Gasteiger partial charge in [0.05, 0.1) is 0 Å². The molecule has 0 bridgehead atoms. The molecule has 0 saturated heterocycles. The van der Waals surface area contributed by atoms with Crippen LogP contribution in [0.25, 0.3) is 11.1 Å². The zero-order chi connectivity index (χ0) is 11.2. The third kappa shape index (κ3) is 1.49. The smallest absolute Gasteiger partial charge is 0.0488 e. The Labute approximate surface area is 110 Å². The van der Waals surface area contributed by atoms with Gasteiger partial charge in [-0.1, -0.05) is 71.1 Å². The largest absolute Gasteiger partial charge is 0.0736 e. The number of benzene rings is 2. The van der Waals surface area contributed by atoms with E-state index in [0.717, 1.165) is 6.42 Å². The van der Waals surface area contributed by atoms with Gasteiger partial charge in [0, 0.05) is 3.42 Å². The van der Waals surface area contributed by atoms with E-state index in [0.29, 0.717) is 0 Å². The highest BCUT2D eigenvalue weighted by Gasteiger charge is 2.31. The molecule has 16 heavy (non-hydrogen) atoms. The van der Waals surface area contributed by atoms with Crippen LogP contribution < -0.4 is 0 Å². The lowest BCUT2D eigenvalue weighted by Gasteiger charge is -2.32. The molecule has 80 valence electrons. The molecule has 0 N–H and O–H groups in total. The minimum atomic E-state index is 0.225. The van der Waals surface area contributed by atoms with E-state index in [1.54, 1.807) is 0 Å². The van der Waals surface area contributed by atoms with E-state index in [4.69, 9.17) is 0 Å². The third-order valence-electron chi connectivity index (χ3n) is 3.32. The molecule has 0 saturated carbocycles. The van der Waals surface area contributed by atoms with Crippen LogP contribution in [-0.2, 0) is 9.84 Å². The summed E-state index contributed by atoms with van der Waals surface area (Å²) in [5, 5.41) is 0. The maximum atomic E-state index is 2.58. The van der Waals surface area contributed by atoms with Crippen molar-refractivity contribution >= 4 is 22.6 Å². The Morgan fingerprint density at radius 1 is 0.938 bits per heavy atom. The van der Waals surface area contributed by atoms with Crippen molar-refractivity contribution in [1.29, 1.82) is 0 Å². The van der Waals surface area contributed by atoms with Crippen LogP contribution in [0.2, 0.25) is 0 Å². The fourth-order valence-corrected chi connectivity index (χ4v) is 3.44. The standard InChI is InChI=1S/C15H13I/c1-15(16)10-11-6-2-3-7-12(11)13-8-4-5-9-14(13)15/h2-9H,10H2,1H3. The maximum Gasteiger partial charge on any atom is 0.0488 e. The highest BCUT2D eigenvalue weighted by atomic mass is 127. The Morgan fingerprint density at radius 2 is 1.56 bits per heavy atom. The summed E-state index contributed by atoms with van der Waals surface area (Å²) in [7, 11) is 0. The molecule has 1 aliphatic rings. The number of hydrogen-bond acceptors (Lipinski definition) is 0. The second-order valence-electron chi connectivity index (χ2n) is 4.58. The molecule has 0 aromatic heterocycles. The summed E-state index contributed by atoms with van der Waals surface area (Å²) in [5.41, 5.74) is 5.75. The van der Waals surface area contributed by atoms with Gasteiger partial charge < -0.3 is 0 Å². The molecule has 3 rings (SSSR count). The summed E-state index contributed by atoms with van der Waals surface area (Å²) in [5.74, 6) is 0. The van der Waals surface area contributed by atoms with Crippen LogP contribution in [0.15, 0.2) is 48.5 Å². The van der Waals surface area contributed by atoms with Gasteiger partial charge in [-0.3, -0.25) is 0 Å². The number of rotatable bonds is 0. The summed E-state index contributed by atoms with van der Waals surface area (Å²) < 4.78 is 0.225. The van der Waals surface area contributed by atoms with Crippen molar-refractivity contribution in [2.45, 2.75) is 16.8 Å². The van der Waals surface area contributed by atoms with Gasteiger partial charge in [0.1, 0.15) is 0 Å². The van der Waals surface area contributed by atoms with E-state index in [2.05, 4.69) is 78.0 Å². The van der Waals surface area contributed by atoms with Crippen molar-refractivity contribution in [2.24, 2.45) is 0 Å². The van der Waals surface area contributed by atoms with Crippen molar-refractivity contribution in [3.63, 3.8) is 0 Å². The lowest BCUT2D eigenvalue weighted by molar-refractivity contribution is 0.716. The fourth-order valence-electron chi connectivity index (χ4n) is 2.56. The Hall–Kier alpha value is -0.830. The van der Waals surface area contributed by atoms with Crippen LogP contribution in [0.4, 0.5) is 0 Å². The average molecular weight is 320 g/mol. The van der Waals surface area contributed by atoms with Crippen molar-refractivity contribution in [1.82, 2.24) is 0 Å². The lowest BCUT2D eigenvalue weighted by atomic mass is 9.80. The van der Waals surface area contributed by atoms with Crippen molar-refractivity contribution in [3.05, 3.63) is 59.7 Å². The SMILES string of the molecule is CC1(I)Cc2ccccc2-c2ccccc21. The third-order valence-corrected chi connectivity index (χ3v) is 4.28. The second-order valence-corrected chi connectivity index (χ2v) is 6.96. The molecular formula is C15H13I. The molecule has 0 amide bonds. The molecule has 0 spiro atoms. The van der Waals surface area contributed by atoms with Gasteiger partial charge in [-0.2, -0.15) is 0 Å². The molecule has 2 aromatic rings. The quantitative estimate of drug-likeness (QED) is 0.493. The highest BCUT2D eigenvalue weighted by Crippen LogP contribution is 2.46. The topological polar surface area (TPSA) is 0 Å². The average Bonchev–Trinajstić information content (AvgIpc) is 2.29. The van der Waals surface area contributed by atoms with Gasteiger partial charge >= 0.3 is 0 Å². The molecule has 1 atom stereocenters. The Morgan fingerprint density at radius 3 is 2.38 bits per heavy atom. The van der Waals surface area contributed by atoms with Gasteiger partial charge in [0.15, 0.2) is 0 Å². The summed E-state index contributed by atoms with van der Waals surface area (Å²) in [6.07, 6.45) is 1.13. The van der Waals surface area contributed by atoms with Crippen LogP contribution in [0.3, 0.4) is 0 Å². The number of alkyl halides is 1. The number of fused-ring (bicyclic) bond motifs is 3. The van der Waals surface area contributed by atoms with E-state index in [9.17, 15) is 0 Å². The Balaban J connectivity index is 2.33. The zero-order valence-corrected chi connectivity index (χ0v) is 11.4. The first-order chi connectivity index (χ1) is 7.68. The predicted molar refractivity (Wildman–Crippen MR) is 77.0 cm³/mol. The number of halogens is 1. The maximum absolute atomic E-state index is 2.58. The molecule has 1 aliphatic carbocycles. The van der Waals surface area contributed by atoms with Crippen LogP contribution in [0.1, 0.15) is 18.1 Å². The molecular weight excluding hydrogens is 307 g/mol. The predicted octanol–water partition coefficient (Wildman–Crippen LogP) is 4.56. The van der Waals surface area contributed by atoms with Gasteiger partial charge in [-0.15, -0.1) is 0 Å². The van der Waals surface area contributed by atoms with E-state index in [1.807, 2.05) is 0 Å². The second kappa shape index (κ2) is 3.59. The summed E-state index contributed by atoms with van der Waals surface area (Å²) >= 11 is 2.58. The summed E-state index contributed by atoms with van der Waals surface area (Å²) in [6.45, 7) is 2.32. The first-order valence-electron chi connectivity index (χ1n) is 5.55. The van der Waals surface area contributed by atoms with Crippen molar-refractivity contribution in [3.8, 4) is 11.1 Å². The molecule has 0 aliphatic heterocycles. The number of hydrogen-bond donors (Lipinski definition) is 0. The Kier molecular flexibility index (Phi) is 2.32. The molecule has 2 aromatic carbocycles.